The first-order valence-corrected chi connectivity index (χ1v) is 5.47. The van der Waals surface area contributed by atoms with E-state index >= 15 is 0 Å². The van der Waals surface area contributed by atoms with Crippen LogP contribution in [-0.2, 0) is 16.0 Å². The molecule has 1 aliphatic heterocycles. The van der Waals surface area contributed by atoms with Gasteiger partial charge < -0.3 is 9.84 Å². The van der Waals surface area contributed by atoms with Gasteiger partial charge in [0.1, 0.15) is 11.9 Å². The van der Waals surface area contributed by atoms with Gasteiger partial charge in [-0.3, -0.25) is 4.90 Å². The van der Waals surface area contributed by atoms with Gasteiger partial charge in [0.15, 0.2) is 6.73 Å². The quantitative estimate of drug-likeness (QED) is 0.836. The molecule has 1 saturated heterocycles. The van der Waals surface area contributed by atoms with Gasteiger partial charge in [-0.05, 0) is 17.7 Å². The molecule has 5 nitrogen and oxygen atoms in total. The van der Waals surface area contributed by atoms with E-state index in [1.54, 1.807) is 0 Å². The van der Waals surface area contributed by atoms with Crippen LogP contribution in [0.25, 0.3) is 0 Å². The number of halogens is 2. The van der Waals surface area contributed by atoms with Crippen molar-refractivity contribution >= 4 is 23.7 Å². The van der Waals surface area contributed by atoms with Gasteiger partial charge in [-0.1, -0.05) is 17.7 Å². The van der Waals surface area contributed by atoms with Gasteiger partial charge in [-0.15, -0.1) is 0 Å². The van der Waals surface area contributed by atoms with Gasteiger partial charge in [-0.2, -0.15) is 0 Å². The minimum Gasteiger partial charge on any atom is -0.465 e. The Balaban J connectivity index is 2.18. The summed E-state index contributed by atoms with van der Waals surface area (Å²) in [6.45, 7) is -0.297. The number of carboxylic acid groups (broad SMARTS) is 1. The third-order valence-electron chi connectivity index (χ3n) is 2.65. The van der Waals surface area contributed by atoms with Crippen LogP contribution in [0.1, 0.15) is 5.56 Å². The van der Waals surface area contributed by atoms with Crippen LogP contribution in [0.3, 0.4) is 0 Å². The molecular weight excluding hydrogens is 265 g/mol. The maximum absolute atomic E-state index is 13.2. The minimum atomic E-state index is -1.25. The summed E-state index contributed by atoms with van der Waals surface area (Å²) in [4.78, 5) is 23.1. The van der Waals surface area contributed by atoms with Crippen molar-refractivity contribution in [2.24, 2.45) is 0 Å². The second-order valence-electron chi connectivity index (χ2n) is 3.81. The third kappa shape index (κ3) is 2.38. The highest BCUT2D eigenvalue weighted by Gasteiger charge is 2.37. The van der Waals surface area contributed by atoms with Crippen molar-refractivity contribution in [3.05, 3.63) is 34.6 Å². The fourth-order valence-electron chi connectivity index (χ4n) is 1.72. The van der Waals surface area contributed by atoms with Crippen LogP contribution < -0.4 is 0 Å². The zero-order chi connectivity index (χ0) is 13.3. The van der Waals surface area contributed by atoms with Crippen LogP contribution >= 0.6 is 11.6 Å². The van der Waals surface area contributed by atoms with Crippen LogP contribution in [-0.4, -0.2) is 34.8 Å². The summed E-state index contributed by atoms with van der Waals surface area (Å²) in [5.74, 6) is -1.24. The normalized spacial score (nSPS) is 18.9. The van der Waals surface area contributed by atoms with Crippen molar-refractivity contribution < 1.29 is 23.8 Å². The van der Waals surface area contributed by atoms with Gasteiger partial charge in [0.2, 0.25) is 0 Å². The summed E-state index contributed by atoms with van der Waals surface area (Å²) in [5.41, 5.74) is 0.479. The molecule has 96 valence electrons. The Hall–Kier alpha value is -1.82. The predicted octanol–water partition coefficient (Wildman–Crippen LogP) is 1.88. The molecule has 1 N–H and O–H groups in total. The van der Waals surface area contributed by atoms with Crippen LogP contribution in [0.15, 0.2) is 18.2 Å². The zero-order valence-electron chi connectivity index (χ0n) is 9.10. The Kier molecular flexibility index (Phi) is 3.38. The number of hydrogen-bond donors (Lipinski definition) is 1. The van der Waals surface area contributed by atoms with Crippen LogP contribution in [0, 0.1) is 5.82 Å². The van der Waals surface area contributed by atoms with Gasteiger partial charge in [0.05, 0.1) is 5.02 Å². The summed E-state index contributed by atoms with van der Waals surface area (Å²) >= 11 is 5.53. The Morgan fingerprint density at radius 2 is 2.33 bits per heavy atom. The lowest BCUT2D eigenvalue weighted by molar-refractivity contribution is -0.139. The standard InChI is InChI=1S/C11H9ClFNO4/c12-7-2-1-6(3-8(7)13)4-9-10(15)18-5-14(9)11(16)17/h1-3,9H,4-5H2,(H,16,17)/t9-/m0/s1. The number of esters is 1. The smallest absolute Gasteiger partial charge is 0.410 e. The van der Waals surface area contributed by atoms with Crippen molar-refractivity contribution in [3.63, 3.8) is 0 Å². The summed E-state index contributed by atoms with van der Waals surface area (Å²) in [6, 6.07) is 3.13. The molecule has 0 bridgehead atoms. The maximum atomic E-state index is 13.2. The lowest BCUT2D eigenvalue weighted by Gasteiger charge is -2.16. The van der Waals surface area contributed by atoms with E-state index in [1.807, 2.05) is 0 Å². The molecule has 1 aromatic rings. The number of amides is 1. The van der Waals surface area contributed by atoms with Crippen LogP contribution in [0.4, 0.5) is 9.18 Å². The summed E-state index contributed by atoms with van der Waals surface area (Å²) < 4.78 is 17.9. The molecular formula is C11H9ClFNO4. The Morgan fingerprint density at radius 3 is 2.94 bits per heavy atom. The molecule has 0 aromatic heterocycles. The summed E-state index contributed by atoms with van der Waals surface area (Å²) in [5, 5.41) is 8.85. The topological polar surface area (TPSA) is 66.8 Å². The zero-order valence-corrected chi connectivity index (χ0v) is 9.85. The highest BCUT2D eigenvalue weighted by molar-refractivity contribution is 6.30. The van der Waals surface area contributed by atoms with Crippen molar-refractivity contribution in [1.29, 1.82) is 0 Å². The predicted molar refractivity (Wildman–Crippen MR) is 59.7 cm³/mol. The number of cyclic esters (lactones) is 1. The van der Waals surface area contributed by atoms with Crippen molar-refractivity contribution in [2.75, 3.05) is 6.73 Å². The van der Waals surface area contributed by atoms with E-state index in [4.69, 9.17) is 16.7 Å². The SMILES string of the molecule is O=C1OCN(C(=O)O)[C@H]1Cc1ccc(Cl)c(F)c1. The van der Waals surface area contributed by atoms with E-state index < -0.39 is 23.9 Å². The highest BCUT2D eigenvalue weighted by atomic mass is 35.5. The number of carbonyl (C=O) groups excluding carboxylic acids is 1. The molecule has 1 aliphatic rings. The van der Waals surface area contributed by atoms with Crippen molar-refractivity contribution in [1.82, 2.24) is 4.90 Å². The first-order valence-electron chi connectivity index (χ1n) is 5.09. The van der Waals surface area contributed by atoms with E-state index in [0.29, 0.717) is 5.56 Å². The molecule has 0 saturated carbocycles. The molecule has 0 radical (unpaired) electrons. The number of hydrogen-bond acceptors (Lipinski definition) is 3. The van der Waals surface area contributed by atoms with Gasteiger partial charge >= 0.3 is 12.1 Å². The Morgan fingerprint density at radius 1 is 1.61 bits per heavy atom. The molecule has 0 aliphatic carbocycles. The second kappa shape index (κ2) is 4.81. The first-order chi connectivity index (χ1) is 8.49. The number of nitrogens with zero attached hydrogens (tertiary/aromatic N) is 1. The fraction of sp³-hybridized carbons (Fsp3) is 0.273. The average Bonchev–Trinajstić information content (AvgIpc) is 2.66. The fourth-order valence-corrected chi connectivity index (χ4v) is 1.84. The van der Waals surface area contributed by atoms with E-state index in [0.717, 1.165) is 4.90 Å². The molecule has 1 atom stereocenters. The monoisotopic (exact) mass is 273 g/mol. The molecule has 1 aromatic carbocycles. The van der Waals surface area contributed by atoms with Gasteiger partial charge in [-0.25, -0.2) is 14.0 Å². The lowest BCUT2D eigenvalue weighted by Crippen LogP contribution is -2.38. The average molecular weight is 274 g/mol. The molecule has 1 amide bonds. The van der Waals surface area contributed by atoms with E-state index in [-0.39, 0.29) is 18.2 Å². The number of carbonyl (C=O) groups is 2. The Labute approximate surface area is 107 Å². The molecule has 0 spiro atoms. The third-order valence-corrected chi connectivity index (χ3v) is 2.96. The first kappa shape index (κ1) is 12.6. The highest BCUT2D eigenvalue weighted by Crippen LogP contribution is 2.20. The van der Waals surface area contributed by atoms with Crippen molar-refractivity contribution in [2.45, 2.75) is 12.5 Å². The van der Waals surface area contributed by atoms with E-state index in [9.17, 15) is 14.0 Å². The maximum Gasteiger partial charge on any atom is 0.410 e. The summed E-state index contributed by atoms with van der Waals surface area (Å²) in [6.07, 6.45) is -1.19. The molecule has 18 heavy (non-hydrogen) atoms. The van der Waals surface area contributed by atoms with E-state index in [1.165, 1.54) is 18.2 Å². The molecule has 2 rings (SSSR count). The number of ether oxygens (including phenoxy) is 1. The van der Waals surface area contributed by atoms with Gasteiger partial charge in [0, 0.05) is 6.42 Å². The van der Waals surface area contributed by atoms with Gasteiger partial charge in [0.25, 0.3) is 0 Å². The lowest BCUT2D eigenvalue weighted by atomic mass is 10.1. The molecule has 1 heterocycles. The molecule has 1 fully saturated rings. The van der Waals surface area contributed by atoms with E-state index in [2.05, 4.69) is 4.74 Å². The van der Waals surface area contributed by atoms with Crippen LogP contribution in [0.5, 0.6) is 0 Å². The number of rotatable bonds is 2. The molecule has 0 unspecified atom stereocenters. The largest absolute Gasteiger partial charge is 0.465 e. The van der Waals surface area contributed by atoms with Crippen molar-refractivity contribution in [3.8, 4) is 0 Å². The Bertz CT molecular complexity index is 508. The second-order valence-corrected chi connectivity index (χ2v) is 4.22. The molecule has 7 heteroatoms. The minimum absolute atomic E-state index is 0.0251. The number of benzene rings is 1. The summed E-state index contributed by atoms with van der Waals surface area (Å²) in [7, 11) is 0. The van der Waals surface area contributed by atoms with Crippen LogP contribution in [0.2, 0.25) is 5.02 Å².